The molecular formula is C25H29N3O3. The van der Waals surface area contributed by atoms with E-state index >= 15 is 0 Å². The summed E-state index contributed by atoms with van der Waals surface area (Å²) < 4.78 is 0. The second-order valence-electron chi connectivity index (χ2n) is 8.55. The first-order chi connectivity index (χ1) is 15.0. The molecule has 1 unspecified atom stereocenters. The molecule has 2 heterocycles. The van der Waals surface area contributed by atoms with Gasteiger partial charge < -0.3 is 15.1 Å². The van der Waals surface area contributed by atoms with E-state index in [-0.39, 0.29) is 36.1 Å². The summed E-state index contributed by atoms with van der Waals surface area (Å²) >= 11 is 0. The minimum absolute atomic E-state index is 0.0441. The summed E-state index contributed by atoms with van der Waals surface area (Å²) in [4.78, 5) is 41.6. The van der Waals surface area contributed by atoms with E-state index in [9.17, 15) is 14.4 Å². The number of nitrogens with zero attached hydrogens (tertiary/aromatic N) is 2. The zero-order chi connectivity index (χ0) is 21.8. The van der Waals surface area contributed by atoms with Crippen LogP contribution in [0.15, 0.2) is 54.6 Å². The predicted octanol–water partition coefficient (Wildman–Crippen LogP) is 2.76. The fourth-order valence-corrected chi connectivity index (χ4v) is 4.49. The zero-order valence-electron chi connectivity index (χ0n) is 17.9. The number of likely N-dealkylation sites (tertiary alicyclic amines) is 2. The van der Waals surface area contributed by atoms with Gasteiger partial charge in [0.1, 0.15) is 0 Å². The fourth-order valence-electron chi connectivity index (χ4n) is 4.49. The summed E-state index contributed by atoms with van der Waals surface area (Å²) in [6.07, 6.45) is 1.76. The summed E-state index contributed by atoms with van der Waals surface area (Å²) in [6, 6.07) is 17.5. The number of amides is 3. The molecule has 0 bridgehead atoms. The summed E-state index contributed by atoms with van der Waals surface area (Å²) in [6.45, 7) is 4.19. The first kappa shape index (κ1) is 21.1. The van der Waals surface area contributed by atoms with Crippen molar-refractivity contribution in [3.8, 4) is 0 Å². The number of hydrogen-bond acceptors (Lipinski definition) is 3. The van der Waals surface area contributed by atoms with E-state index in [1.807, 2.05) is 66.4 Å². The Bertz CT molecular complexity index is 951. The van der Waals surface area contributed by atoms with Crippen LogP contribution in [0.4, 0.5) is 0 Å². The molecule has 0 aromatic heterocycles. The van der Waals surface area contributed by atoms with Crippen molar-refractivity contribution in [2.75, 3.05) is 19.6 Å². The van der Waals surface area contributed by atoms with Gasteiger partial charge in [-0.05, 0) is 37.0 Å². The number of rotatable bonds is 5. The highest BCUT2D eigenvalue weighted by molar-refractivity contribution is 5.95. The van der Waals surface area contributed by atoms with Crippen LogP contribution in [0, 0.1) is 12.8 Å². The number of carbonyl (C=O) groups excluding carboxylic acids is 3. The molecule has 4 rings (SSSR count). The first-order valence-electron chi connectivity index (χ1n) is 11.0. The highest BCUT2D eigenvalue weighted by atomic mass is 16.2. The molecule has 0 spiro atoms. The number of aryl methyl sites for hydroxylation is 1. The second-order valence-corrected chi connectivity index (χ2v) is 8.55. The largest absolute Gasteiger partial charge is 0.349 e. The molecule has 2 aromatic rings. The molecule has 1 atom stereocenters. The Morgan fingerprint density at radius 2 is 1.68 bits per heavy atom. The van der Waals surface area contributed by atoms with Gasteiger partial charge in [0, 0.05) is 44.2 Å². The van der Waals surface area contributed by atoms with E-state index in [1.54, 1.807) is 4.90 Å². The van der Waals surface area contributed by atoms with Crippen molar-refractivity contribution in [2.24, 2.45) is 5.92 Å². The molecule has 2 fully saturated rings. The lowest BCUT2D eigenvalue weighted by atomic mass is 10.0. The third-order valence-corrected chi connectivity index (χ3v) is 6.31. The SMILES string of the molecule is Cc1ccccc1C(=O)NC1CCN(C(=O)C2CC(=O)N(Cc3ccccc3)C2)CC1. The van der Waals surface area contributed by atoms with Gasteiger partial charge in [0.15, 0.2) is 0 Å². The minimum atomic E-state index is -0.269. The maximum atomic E-state index is 13.0. The standard InChI is InChI=1S/C25H29N3O3/c1-18-7-5-6-10-22(18)24(30)26-21-11-13-27(14-12-21)25(31)20-15-23(29)28(17-20)16-19-8-3-2-4-9-19/h2-10,20-21H,11-17H2,1H3,(H,26,30). The van der Waals surface area contributed by atoms with Gasteiger partial charge in [-0.15, -0.1) is 0 Å². The molecule has 0 radical (unpaired) electrons. The van der Waals surface area contributed by atoms with Crippen LogP contribution >= 0.6 is 0 Å². The number of piperidine rings is 1. The average Bonchev–Trinajstić information content (AvgIpc) is 3.15. The molecule has 2 saturated heterocycles. The summed E-state index contributed by atoms with van der Waals surface area (Å²) in [5.41, 5.74) is 2.73. The number of carbonyl (C=O) groups is 3. The van der Waals surface area contributed by atoms with Crippen molar-refractivity contribution in [2.45, 2.75) is 38.8 Å². The Balaban J connectivity index is 1.27. The molecule has 2 aliphatic rings. The fraction of sp³-hybridized carbons (Fsp3) is 0.400. The van der Waals surface area contributed by atoms with Gasteiger partial charge in [-0.25, -0.2) is 0 Å². The lowest BCUT2D eigenvalue weighted by Gasteiger charge is -2.34. The lowest BCUT2D eigenvalue weighted by Crippen LogP contribution is -2.48. The average molecular weight is 420 g/mol. The van der Waals surface area contributed by atoms with Crippen LogP contribution in [-0.4, -0.2) is 53.2 Å². The maximum Gasteiger partial charge on any atom is 0.251 e. The molecule has 0 saturated carbocycles. The quantitative estimate of drug-likeness (QED) is 0.810. The molecule has 6 nitrogen and oxygen atoms in total. The highest BCUT2D eigenvalue weighted by Crippen LogP contribution is 2.24. The minimum Gasteiger partial charge on any atom is -0.349 e. The van der Waals surface area contributed by atoms with Gasteiger partial charge in [0.05, 0.1) is 5.92 Å². The van der Waals surface area contributed by atoms with Gasteiger partial charge in [0.2, 0.25) is 11.8 Å². The van der Waals surface area contributed by atoms with Crippen molar-refractivity contribution in [1.29, 1.82) is 0 Å². The van der Waals surface area contributed by atoms with Crippen molar-refractivity contribution in [1.82, 2.24) is 15.1 Å². The number of nitrogens with one attached hydrogen (secondary N) is 1. The molecule has 162 valence electrons. The number of benzene rings is 2. The maximum absolute atomic E-state index is 13.0. The Labute approximate surface area is 183 Å². The van der Waals surface area contributed by atoms with Crippen LogP contribution in [-0.2, 0) is 16.1 Å². The molecule has 0 aliphatic carbocycles. The van der Waals surface area contributed by atoms with Crippen LogP contribution < -0.4 is 5.32 Å². The van der Waals surface area contributed by atoms with Gasteiger partial charge in [-0.3, -0.25) is 14.4 Å². The van der Waals surface area contributed by atoms with Crippen LogP contribution in [0.3, 0.4) is 0 Å². The van der Waals surface area contributed by atoms with Crippen LogP contribution in [0.25, 0.3) is 0 Å². The van der Waals surface area contributed by atoms with Gasteiger partial charge in [-0.2, -0.15) is 0 Å². The Morgan fingerprint density at radius 3 is 2.39 bits per heavy atom. The van der Waals surface area contributed by atoms with Gasteiger partial charge in [0.25, 0.3) is 5.91 Å². The van der Waals surface area contributed by atoms with Crippen molar-refractivity contribution < 1.29 is 14.4 Å². The van der Waals surface area contributed by atoms with Crippen molar-refractivity contribution in [3.63, 3.8) is 0 Å². The molecule has 2 aromatic carbocycles. The van der Waals surface area contributed by atoms with Gasteiger partial charge in [-0.1, -0.05) is 48.5 Å². The molecule has 31 heavy (non-hydrogen) atoms. The van der Waals surface area contributed by atoms with Crippen LogP contribution in [0.5, 0.6) is 0 Å². The Kier molecular flexibility index (Phi) is 6.35. The Morgan fingerprint density at radius 1 is 1.00 bits per heavy atom. The molecule has 6 heteroatoms. The topological polar surface area (TPSA) is 69.7 Å². The normalized spacial score (nSPS) is 19.5. The van der Waals surface area contributed by atoms with Crippen molar-refractivity contribution >= 4 is 17.7 Å². The van der Waals surface area contributed by atoms with E-state index < -0.39 is 0 Å². The molecule has 1 N–H and O–H groups in total. The first-order valence-corrected chi connectivity index (χ1v) is 11.0. The molecule has 2 aliphatic heterocycles. The van der Waals surface area contributed by atoms with E-state index in [1.165, 1.54) is 0 Å². The van der Waals surface area contributed by atoms with E-state index in [4.69, 9.17) is 0 Å². The summed E-state index contributed by atoms with van der Waals surface area (Å²) in [5.74, 6) is -0.217. The lowest BCUT2D eigenvalue weighted by molar-refractivity contribution is -0.136. The predicted molar refractivity (Wildman–Crippen MR) is 118 cm³/mol. The van der Waals surface area contributed by atoms with E-state index in [0.717, 1.165) is 24.0 Å². The smallest absolute Gasteiger partial charge is 0.251 e. The highest BCUT2D eigenvalue weighted by Gasteiger charge is 2.37. The van der Waals surface area contributed by atoms with Crippen LogP contribution in [0.2, 0.25) is 0 Å². The second kappa shape index (κ2) is 9.33. The Hall–Kier alpha value is -3.15. The third kappa shape index (κ3) is 4.95. The molecular weight excluding hydrogens is 390 g/mol. The number of hydrogen-bond donors (Lipinski definition) is 1. The zero-order valence-corrected chi connectivity index (χ0v) is 17.9. The third-order valence-electron chi connectivity index (χ3n) is 6.31. The molecule has 3 amide bonds. The van der Waals surface area contributed by atoms with Gasteiger partial charge >= 0.3 is 0 Å². The van der Waals surface area contributed by atoms with Crippen molar-refractivity contribution in [3.05, 3.63) is 71.3 Å². The summed E-state index contributed by atoms with van der Waals surface area (Å²) in [7, 11) is 0. The summed E-state index contributed by atoms with van der Waals surface area (Å²) in [5, 5.41) is 3.11. The van der Waals surface area contributed by atoms with Crippen LogP contribution in [0.1, 0.15) is 40.7 Å². The van der Waals surface area contributed by atoms with E-state index in [0.29, 0.717) is 31.7 Å². The monoisotopic (exact) mass is 419 g/mol. The van der Waals surface area contributed by atoms with E-state index in [2.05, 4.69) is 5.32 Å².